The molecule has 2 aliphatic heterocycles. The number of carboxylic acids is 1. The van der Waals surface area contributed by atoms with Crippen molar-refractivity contribution in [2.24, 2.45) is 5.11 Å². The van der Waals surface area contributed by atoms with E-state index in [1.54, 1.807) is 0 Å². The van der Waals surface area contributed by atoms with Crippen LogP contribution in [0.5, 0.6) is 0 Å². The van der Waals surface area contributed by atoms with Crippen molar-refractivity contribution in [1.29, 1.82) is 0 Å². The van der Waals surface area contributed by atoms with Gasteiger partial charge in [0.15, 0.2) is 10.0 Å². The molecule has 0 bridgehead atoms. The Morgan fingerprint density at radius 3 is 3.18 bits per heavy atom. The highest BCUT2D eigenvalue weighted by Crippen LogP contribution is 2.36. The van der Waals surface area contributed by atoms with Gasteiger partial charge in [-0.2, -0.15) is 4.37 Å². The molecular weight excluding hydrogens is 332 g/mol. The third-order valence-corrected chi connectivity index (χ3v) is 4.96. The number of β-lactam (4-membered cyclic amide) rings is 1. The molecule has 114 valence electrons. The topological polar surface area (TPSA) is 141 Å². The number of hydrogen-bond donors (Lipinski definition) is 1. The van der Waals surface area contributed by atoms with E-state index in [0.717, 1.165) is 4.90 Å². The van der Waals surface area contributed by atoms with Gasteiger partial charge in [-0.1, -0.05) is 16.9 Å². The van der Waals surface area contributed by atoms with Gasteiger partial charge in [0.2, 0.25) is 5.91 Å². The number of hydrogen-bond acceptors (Lipinski definition) is 8. The van der Waals surface area contributed by atoms with Crippen LogP contribution in [-0.4, -0.2) is 55.7 Å². The Morgan fingerprint density at radius 1 is 1.73 bits per heavy atom. The Hall–Kier alpha value is -2.30. The number of azide groups is 1. The number of carbonyl (C=O) groups is 2. The lowest BCUT2D eigenvalue weighted by molar-refractivity contribution is -0.157. The molecule has 0 aliphatic carbocycles. The van der Waals surface area contributed by atoms with Crippen molar-refractivity contribution in [3.63, 3.8) is 0 Å². The van der Waals surface area contributed by atoms with Crippen LogP contribution in [0.4, 0.5) is 0 Å². The van der Waals surface area contributed by atoms with Crippen molar-refractivity contribution in [2.75, 3.05) is 12.4 Å². The van der Waals surface area contributed by atoms with Crippen molar-refractivity contribution in [2.45, 2.75) is 16.4 Å². The van der Waals surface area contributed by atoms with Crippen LogP contribution in [0.25, 0.3) is 10.4 Å². The summed E-state index contributed by atoms with van der Waals surface area (Å²) in [6.45, 7) is 0.0955. The molecule has 1 fully saturated rings. The fourth-order valence-corrected chi connectivity index (χ4v) is 3.62. The second kappa shape index (κ2) is 5.83. The van der Waals surface area contributed by atoms with Crippen LogP contribution in [0.1, 0.15) is 0 Å². The maximum absolute atomic E-state index is 12.0. The lowest BCUT2D eigenvalue weighted by atomic mass is 9.93. The minimum absolute atomic E-state index is 0.0955. The number of rotatable bonds is 5. The lowest BCUT2D eigenvalue weighted by Crippen LogP contribution is -2.67. The van der Waals surface area contributed by atoms with Gasteiger partial charge < -0.3 is 9.84 Å². The van der Waals surface area contributed by atoms with E-state index in [1.165, 1.54) is 29.6 Å². The first-order valence-corrected chi connectivity index (χ1v) is 7.75. The van der Waals surface area contributed by atoms with Crippen molar-refractivity contribution in [1.82, 2.24) is 14.3 Å². The second-order valence-corrected chi connectivity index (χ2v) is 6.31. The average molecular weight is 340 g/mol. The molecule has 10 nitrogen and oxygen atoms in total. The molecule has 0 aromatic carbocycles. The highest BCUT2D eigenvalue weighted by atomic mass is 32.2. The SMILES string of the molecule is [N-]=[N+]=NC1C(=O)N2C(C(=O)O)=C(CSc3ncns3)OCC12. The first kappa shape index (κ1) is 14.6. The minimum Gasteiger partial charge on any atom is -0.492 e. The Kier molecular flexibility index (Phi) is 3.88. The minimum atomic E-state index is -1.26. The van der Waals surface area contributed by atoms with Crippen LogP contribution in [-0.2, 0) is 14.3 Å². The average Bonchev–Trinajstić information content (AvgIpc) is 3.02. The zero-order valence-electron chi connectivity index (χ0n) is 10.8. The number of aliphatic carboxylic acids is 1. The molecule has 2 unspecified atom stereocenters. The summed E-state index contributed by atoms with van der Waals surface area (Å²) in [5.74, 6) is -1.37. The number of amides is 1. The smallest absolute Gasteiger partial charge is 0.356 e. The van der Waals surface area contributed by atoms with Gasteiger partial charge in [-0.3, -0.25) is 9.69 Å². The second-order valence-electron chi connectivity index (χ2n) is 4.31. The number of carbonyl (C=O) groups excluding carboxylic acids is 1. The molecule has 1 N–H and O–H groups in total. The van der Waals surface area contributed by atoms with Gasteiger partial charge in [0.1, 0.15) is 24.7 Å². The summed E-state index contributed by atoms with van der Waals surface area (Å²) >= 11 is 2.46. The van der Waals surface area contributed by atoms with E-state index in [9.17, 15) is 14.7 Å². The van der Waals surface area contributed by atoms with E-state index < -0.39 is 24.0 Å². The van der Waals surface area contributed by atoms with E-state index in [4.69, 9.17) is 10.3 Å². The van der Waals surface area contributed by atoms with Gasteiger partial charge in [0, 0.05) is 4.91 Å². The molecule has 0 saturated carbocycles. The largest absolute Gasteiger partial charge is 0.492 e. The maximum Gasteiger partial charge on any atom is 0.356 e. The zero-order valence-corrected chi connectivity index (χ0v) is 12.5. The zero-order chi connectivity index (χ0) is 15.7. The molecule has 0 spiro atoms. The van der Waals surface area contributed by atoms with Crippen molar-refractivity contribution >= 4 is 35.2 Å². The number of nitrogens with zero attached hydrogens (tertiary/aromatic N) is 6. The quantitative estimate of drug-likeness (QED) is 0.275. The molecule has 1 amide bonds. The van der Waals surface area contributed by atoms with Crippen LogP contribution in [0, 0.1) is 0 Å². The summed E-state index contributed by atoms with van der Waals surface area (Å²) in [4.78, 5) is 31.1. The van der Waals surface area contributed by atoms with E-state index in [1.807, 2.05) is 0 Å². The molecular formula is C10H8N6O4S2. The van der Waals surface area contributed by atoms with Crippen LogP contribution in [0.3, 0.4) is 0 Å². The molecule has 1 aromatic heterocycles. The number of fused-ring (bicyclic) bond motifs is 1. The van der Waals surface area contributed by atoms with Crippen molar-refractivity contribution < 1.29 is 19.4 Å². The predicted octanol–water partition coefficient (Wildman–Crippen LogP) is 0.846. The van der Waals surface area contributed by atoms with E-state index in [-0.39, 0.29) is 23.8 Å². The van der Waals surface area contributed by atoms with Gasteiger partial charge in [0.05, 0.1) is 11.8 Å². The van der Waals surface area contributed by atoms with Crippen LogP contribution < -0.4 is 0 Å². The van der Waals surface area contributed by atoms with Gasteiger partial charge in [0.25, 0.3) is 0 Å². The maximum atomic E-state index is 12.0. The van der Waals surface area contributed by atoms with Crippen molar-refractivity contribution in [3.8, 4) is 0 Å². The number of aromatic nitrogens is 2. The summed E-state index contributed by atoms with van der Waals surface area (Å²) < 4.78 is 9.98. The molecule has 2 aliphatic rings. The molecule has 1 saturated heterocycles. The molecule has 0 radical (unpaired) electrons. The molecule has 1 aromatic rings. The molecule has 3 rings (SSSR count). The highest BCUT2D eigenvalue weighted by Gasteiger charge is 2.53. The Labute approximate surface area is 131 Å². The third kappa shape index (κ3) is 2.36. The number of carboxylic acid groups (broad SMARTS) is 1. The van der Waals surface area contributed by atoms with E-state index in [0.29, 0.717) is 4.34 Å². The van der Waals surface area contributed by atoms with Crippen LogP contribution >= 0.6 is 23.3 Å². The highest BCUT2D eigenvalue weighted by molar-refractivity contribution is 8.01. The van der Waals surface area contributed by atoms with Gasteiger partial charge in [-0.05, 0) is 17.1 Å². The normalized spacial score (nSPS) is 23.3. The van der Waals surface area contributed by atoms with E-state index >= 15 is 0 Å². The summed E-state index contributed by atoms with van der Waals surface area (Å²) in [6.07, 6.45) is 1.40. The van der Waals surface area contributed by atoms with Gasteiger partial charge in [-0.15, -0.1) is 0 Å². The first-order chi connectivity index (χ1) is 10.6. The lowest BCUT2D eigenvalue weighted by Gasteiger charge is -2.47. The third-order valence-electron chi connectivity index (χ3n) is 3.17. The predicted molar refractivity (Wildman–Crippen MR) is 74.8 cm³/mol. The van der Waals surface area contributed by atoms with Gasteiger partial charge in [-0.25, -0.2) is 9.78 Å². The number of thioether (sulfide) groups is 1. The summed E-state index contributed by atoms with van der Waals surface area (Å²) in [5.41, 5.74) is 8.22. The van der Waals surface area contributed by atoms with Crippen molar-refractivity contribution in [3.05, 3.63) is 28.2 Å². The Balaban J connectivity index is 1.83. The molecule has 3 heterocycles. The fraction of sp³-hybridized carbons (Fsp3) is 0.400. The summed E-state index contributed by atoms with van der Waals surface area (Å²) in [6, 6.07) is -1.47. The fourth-order valence-electron chi connectivity index (χ4n) is 2.23. The summed E-state index contributed by atoms with van der Waals surface area (Å²) in [5, 5.41) is 12.7. The first-order valence-electron chi connectivity index (χ1n) is 5.99. The summed E-state index contributed by atoms with van der Waals surface area (Å²) in [7, 11) is 0. The monoisotopic (exact) mass is 340 g/mol. The molecule has 12 heteroatoms. The number of ether oxygens (including phenoxy) is 1. The molecule has 22 heavy (non-hydrogen) atoms. The standard InChI is InChI=1S/C10H8N6O4S2/c11-15-14-6-4-1-20-5(2-21-10-12-3-13-22-10)7(9(18)19)16(4)8(6)17/h3-4,6H,1-2H2,(H,18,19). The van der Waals surface area contributed by atoms with E-state index in [2.05, 4.69) is 19.4 Å². The van der Waals surface area contributed by atoms with Crippen LogP contribution in [0.15, 0.2) is 27.2 Å². The molecule has 2 atom stereocenters. The Morgan fingerprint density at radius 2 is 2.55 bits per heavy atom. The van der Waals surface area contributed by atoms with Gasteiger partial charge >= 0.3 is 5.97 Å². The van der Waals surface area contributed by atoms with Crippen LogP contribution in [0.2, 0.25) is 0 Å². The Bertz CT molecular complexity index is 698.